The highest BCUT2D eigenvalue weighted by Gasteiger charge is 2.37. The molecule has 0 aliphatic rings. The van der Waals surface area contributed by atoms with Crippen molar-refractivity contribution in [3.8, 4) is 11.3 Å². The van der Waals surface area contributed by atoms with Gasteiger partial charge in [-0.25, -0.2) is 0 Å². The fourth-order valence-electron chi connectivity index (χ4n) is 1.45. The van der Waals surface area contributed by atoms with Crippen molar-refractivity contribution in [2.75, 3.05) is 0 Å². The number of non-ortho nitro benzene ring substituents is 1. The van der Waals surface area contributed by atoms with E-state index < -0.39 is 21.8 Å². The Kier molecular flexibility index (Phi) is 3.19. The van der Waals surface area contributed by atoms with Crippen LogP contribution in [0.15, 0.2) is 24.3 Å². The molecule has 1 aromatic heterocycles. The molecule has 0 radical (unpaired) electrons. The minimum Gasteiger partial charge on any atom is -0.272 e. The number of hydrogen-bond acceptors (Lipinski definition) is 3. The van der Waals surface area contributed by atoms with Gasteiger partial charge in [0.25, 0.3) is 5.69 Å². The minimum absolute atomic E-state index is 0.108. The van der Waals surface area contributed by atoms with Crippen LogP contribution in [0, 0.1) is 10.1 Å². The second-order valence-electron chi connectivity index (χ2n) is 3.56. The van der Waals surface area contributed by atoms with Crippen molar-refractivity contribution < 1.29 is 18.1 Å². The van der Waals surface area contributed by atoms with Crippen LogP contribution < -0.4 is 0 Å². The number of hydrogen-bond donors (Lipinski definition) is 1. The third-order valence-corrected chi connectivity index (χ3v) is 2.71. The van der Waals surface area contributed by atoms with Crippen LogP contribution in [-0.4, -0.2) is 15.1 Å². The fourth-order valence-corrected chi connectivity index (χ4v) is 1.75. The number of nitrogens with one attached hydrogen (secondary N) is 1. The second-order valence-corrected chi connectivity index (χ2v) is 3.94. The summed E-state index contributed by atoms with van der Waals surface area (Å²) in [6, 6.07) is 4.88. The van der Waals surface area contributed by atoms with Crippen LogP contribution in [0.2, 0.25) is 5.02 Å². The predicted octanol–water partition coefficient (Wildman–Crippen LogP) is 3.66. The van der Waals surface area contributed by atoms with Crippen LogP contribution in [0.25, 0.3) is 11.3 Å². The highest BCUT2D eigenvalue weighted by molar-refractivity contribution is 6.33. The first-order valence-electron chi connectivity index (χ1n) is 4.86. The highest BCUT2D eigenvalue weighted by atomic mass is 35.5. The van der Waals surface area contributed by atoms with Crippen molar-refractivity contribution in [3.05, 3.63) is 45.1 Å². The quantitative estimate of drug-likeness (QED) is 0.678. The zero-order valence-electron chi connectivity index (χ0n) is 9.03. The Morgan fingerprint density at radius 2 is 1.84 bits per heavy atom. The van der Waals surface area contributed by atoms with Crippen molar-refractivity contribution in [2.24, 2.45) is 0 Å². The van der Waals surface area contributed by atoms with E-state index in [1.807, 2.05) is 5.10 Å². The molecule has 0 saturated heterocycles. The number of nitrogens with zero attached hydrogens (tertiary/aromatic N) is 2. The Bertz CT molecular complexity index is 622. The summed E-state index contributed by atoms with van der Waals surface area (Å²) in [5.74, 6) is 0. The predicted molar refractivity (Wildman–Crippen MR) is 60.7 cm³/mol. The van der Waals surface area contributed by atoms with Crippen LogP contribution in [0.5, 0.6) is 0 Å². The first-order chi connectivity index (χ1) is 8.80. The second kappa shape index (κ2) is 4.54. The lowest BCUT2D eigenvalue weighted by molar-refractivity contribution is -0.384. The molecule has 1 N–H and O–H groups in total. The Balaban J connectivity index is 2.43. The van der Waals surface area contributed by atoms with E-state index in [1.54, 1.807) is 0 Å². The van der Waals surface area contributed by atoms with Gasteiger partial charge in [-0.1, -0.05) is 11.6 Å². The number of aromatic nitrogens is 2. The molecule has 2 rings (SSSR count). The molecule has 0 amide bonds. The zero-order chi connectivity index (χ0) is 14.2. The molecule has 0 saturated carbocycles. The molecule has 0 atom stereocenters. The van der Waals surface area contributed by atoms with E-state index in [2.05, 4.69) is 5.10 Å². The van der Waals surface area contributed by atoms with Gasteiger partial charge in [0.2, 0.25) is 0 Å². The summed E-state index contributed by atoms with van der Waals surface area (Å²) in [7, 11) is 0. The molecule has 0 fully saturated rings. The summed E-state index contributed by atoms with van der Waals surface area (Å²) in [5, 5.41) is 15.2. The monoisotopic (exact) mass is 291 g/mol. The topological polar surface area (TPSA) is 71.8 Å². The largest absolute Gasteiger partial charge is 0.434 e. The van der Waals surface area contributed by atoms with Gasteiger partial charge in [-0.05, 0) is 12.1 Å². The first kappa shape index (κ1) is 13.3. The van der Waals surface area contributed by atoms with Gasteiger partial charge in [0.1, 0.15) is 5.69 Å². The molecule has 2 aromatic rings. The van der Waals surface area contributed by atoms with Crippen molar-refractivity contribution in [1.82, 2.24) is 10.2 Å². The van der Waals surface area contributed by atoms with Crippen molar-refractivity contribution >= 4 is 17.3 Å². The number of halogens is 4. The van der Waals surface area contributed by atoms with Crippen LogP contribution in [0.3, 0.4) is 0 Å². The molecule has 1 heterocycles. The lowest BCUT2D eigenvalue weighted by Gasteiger charge is -2.03. The van der Waals surface area contributed by atoms with Crippen LogP contribution in [-0.2, 0) is 6.18 Å². The number of benzene rings is 1. The smallest absolute Gasteiger partial charge is 0.272 e. The Morgan fingerprint density at radius 1 is 1.26 bits per heavy atom. The standard InChI is InChI=1S/C10H5ClF3N3O2/c11-7-8(15-16-9(7)10(12,13)14)5-1-3-6(4-2-5)17(18)19/h1-4H,(H,15,16). The SMILES string of the molecule is O=[N+]([O-])c1ccc(-c2n[nH]c(C(F)(F)F)c2Cl)cc1. The van der Waals surface area contributed by atoms with E-state index in [-0.39, 0.29) is 16.9 Å². The molecule has 9 heteroatoms. The molecule has 0 aliphatic heterocycles. The van der Waals surface area contributed by atoms with Crippen molar-refractivity contribution in [3.63, 3.8) is 0 Å². The van der Waals surface area contributed by atoms with Gasteiger partial charge in [0.15, 0.2) is 5.69 Å². The molecule has 1 aromatic carbocycles. The third-order valence-electron chi connectivity index (χ3n) is 2.34. The van der Waals surface area contributed by atoms with Crippen molar-refractivity contribution in [2.45, 2.75) is 6.18 Å². The van der Waals surface area contributed by atoms with Gasteiger partial charge in [-0.15, -0.1) is 0 Å². The normalized spacial score (nSPS) is 11.6. The van der Waals surface area contributed by atoms with Gasteiger partial charge in [-0.2, -0.15) is 18.3 Å². The molecule has 100 valence electrons. The molecule has 0 spiro atoms. The average Bonchev–Trinajstić information content (AvgIpc) is 2.71. The fraction of sp³-hybridized carbons (Fsp3) is 0.100. The zero-order valence-corrected chi connectivity index (χ0v) is 9.79. The highest BCUT2D eigenvalue weighted by Crippen LogP contribution is 2.38. The summed E-state index contributed by atoms with van der Waals surface area (Å²) in [5.41, 5.74) is -1.18. The van der Waals surface area contributed by atoms with Gasteiger partial charge in [0.05, 0.1) is 9.95 Å². The van der Waals surface area contributed by atoms with E-state index in [1.165, 1.54) is 12.1 Å². The maximum absolute atomic E-state index is 12.5. The van der Waals surface area contributed by atoms with E-state index in [0.29, 0.717) is 0 Å². The number of H-pyrrole nitrogens is 1. The maximum Gasteiger partial charge on any atom is 0.434 e. The van der Waals surface area contributed by atoms with Crippen LogP contribution in [0.4, 0.5) is 18.9 Å². The van der Waals surface area contributed by atoms with Gasteiger partial charge >= 0.3 is 6.18 Å². The molecule has 5 nitrogen and oxygen atoms in total. The van der Waals surface area contributed by atoms with Crippen LogP contribution in [0.1, 0.15) is 5.69 Å². The Morgan fingerprint density at radius 3 is 2.26 bits per heavy atom. The number of nitro benzene ring substituents is 1. The minimum atomic E-state index is -4.64. The summed E-state index contributed by atoms with van der Waals surface area (Å²) < 4.78 is 37.5. The number of aromatic amines is 1. The van der Waals surface area contributed by atoms with Gasteiger partial charge in [0, 0.05) is 17.7 Å². The van der Waals surface area contributed by atoms with E-state index in [4.69, 9.17) is 11.6 Å². The maximum atomic E-state index is 12.5. The summed E-state index contributed by atoms with van der Waals surface area (Å²) >= 11 is 5.60. The molecule has 0 bridgehead atoms. The Hall–Kier alpha value is -2.09. The lowest BCUT2D eigenvalue weighted by Crippen LogP contribution is -2.05. The first-order valence-corrected chi connectivity index (χ1v) is 5.24. The number of rotatable bonds is 2. The number of nitro groups is 1. The molecular weight excluding hydrogens is 287 g/mol. The summed E-state index contributed by atoms with van der Waals surface area (Å²) in [6.07, 6.45) is -4.64. The summed E-state index contributed by atoms with van der Waals surface area (Å²) in [6.45, 7) is 0. The van der Waals surface area contributed by atoms with Gasteiger partial charge in [-0.3, -0.25) is 15.2 Å². The Labute approximate surface area is 109 Å². The van der Waals surface area contributed by atoms with E-state index in [9.17, 15) is 23.3 Å². The van der Waals surface area contributed by atoms with Crippen LogP contribution >= 0.6 is 11.6 Å². The molecule has 19 heavy (non-hydrogen) atoms. The van der Waals surface area contributed by atoms with Crippen molar-refractivity contribution in [1.29, 1.82) is 0 Å². The lowest BCUT2D eigenvalue weighted by atomic mass is 10.1. The van der Waals surface area contributed by atoms with Gasteiger partial charge < -0.3 is 0 Å². The molecule has 0 aliphatic carbocycles. The molecular formula is C10H5ClF3N3O2. The average molecular weight is 292 g/mol. The van der Waals surface area contributed by atoms with E-state index in [0.717, 1.165) is 12.1 Å². The molecule has 0 unspecified atom stereocenters. The summed E-state index contributed by atoms with van der Waals surface area (Å²) in [4.78, 5) is 9.85. The van der Waals surface area contributed by atoms with E-state index >= 15 is 0 Å². The third kappa shape index (κ3) is 2.53. The number of alkyl halides is 3.